The van der Waals surface area contributed by atoms with Crippen molar-refractivity contribution < 1.29 is 9.18 Å². The second-order valence-corrected chi connectivity index (χ2v) is 2.68. The average Bonchev–Trinajstić information content (AvgIpc) is 2.08. The molecule has 0 aliphatic rings. The topological polar surface area (TPSA) is 56.0 Å². The van der Waals surface area contributed by atoms with Crippen LogP contribution in [0.5, 0.6) is 0 Å². The number of aromatic nitrogens is 1. The molecule has 2 N–H and O–H groups in total. The fourth-order valence-electron chi connectivity index (χ4n) is 0.747. The van der Waals surface area contributed by atoms with E-state index in [4.69, 9.17) is 5.73 Å². The number of rotatable bonds is 2. The van der Waals surface area contributed by atoms with Crippen molar-refractivity contribution in [3.05, 3.63) is 23.6 Å². The van der Waals surface area contributed by atoms with Crippen LogP contribution in [0.4, 0.5) is 10.2 Å². The maximum Gasteiger partial charge on any atom is 0.176 e. The van der Waals surface area contributed by atoms with Crippen molar-refractivity contribution >= 4 is 27.5 Å². The molecule has 3 nitrogen and oxygen atoms in total. The maximum absolute atomic E-state index is 13.0. The van der Waals surface area contributed by atoms with Crippen LogP contribution in [0, 0.1) is 5.82 Å². The van der Waals surface area contributed by atoms with Crippen LogP contribution in [0.3, 0.4) is 0 Å². The Kier molecular flexibility index (Phi) is 2.75. The van der Waals surface area contributed by atoms with Gasteiger partial charge in [-0.3, -0.25) is 4.79 Å². The SMILES string of the molecule is Nc1nccc(C(=O)CBr)c1F. The molecule has 0 saturated carbocycles. The van der Waals surface area contributed by atoms with E-state index in [0.717, 1.165) is 0 Å². The number of hydrogen-bond donors (Lipinski definition) is 1. The van der Waals surface area contributed by atoms with E-state index >= 15 is 0 Å². The molecule has 0 fully saturated rings. The van der Waals surface area contributed by atoms with Gasteiger partial charge in [0, 0.05) is 6.20 Å². The van der Waals surface area contributed by atoms with Crippen LogP contribution in [-0.4, -0.2) is 16.1 Å². The Hall–Kier alpha value is -0.970. The van der Waals surface area contributed by atoms with Crippen molar-refractivity contribution in [1.82, 2.24) is 4.98 Å². The Labute approximate surface area is 76.9 Å². The molecule has 1 heterocycles. The molecule has 0 bridgehead atoms. The predicted octanol–water partition coefficient (Wildman–Crippen LogP) is 1.38. The van der Waals surface area contributed by atoms with E-state index in [1.807, 2.05) is 0 Å². The first-order valence-corrected chi connectivity index (χ1v) is 4.28. The number of nitrogen functional groups attached to an aromatic ring is 1. The van der Waals surface area contributed by atoms with Crippen molar-refractivity contribution in [2.45, 2.75) is 0 Å². The van der Waals surface area contributed by atoms with Crippen LogP contribution in [0.1, 0.15) is 10.4 Å². The van der Waals surface area contributed by atoms with Gasteiger partial charge in [-0.1, -0.05) is 15.9 Å². The zero-order valence-electron chi connectivity index (χ0n) is 6.05. The quantitative estimate of drug-likeness (QED) is 0.620. The van der Waals surface area contributed by atoms with Gasteiger partial charge in [-0.15, -0.1) is 0 Å². The minimum absolute atomic E-state index is 0.0284. The van der Waals surface area contributed by atoms with Gasteiger partial charge in [0.2, 0.25) is 0 Å². The predicted molar refractivity (Wildman–Crippen MR) is 46.7 cm³/mol. The Morgan fingerprint density at radius 3 is 3.00 bits per heavy atom. The Morgan fingerprint density at radius 1 is 1.75 bits per heavy atom. The van der Waals surface area contributed by atoms with Crippen molar-refractivity contribution in [3.8, 4) is 0 Å². The fourth-order valence-corrected chi connectivity index (χ4v) is 1.05. The van der Waals surface area contributed by atoms with Gasteiger partial charge in [-0.2, -0.15) is 0 Å². The van der Waals surface area contributed by atoms with Crippen molar-refractivity contribution in [2.75, 3.05) is 11.1 Å². The number of carbonyl (C=O) groups is 1. The van der Waals surface area contributed by atoms with Gasteiger partial charge < -0.3 is 5.73 Å². The molecule has 0 saturated heterocycles. The largest absolute Gasteiger partial charge is 0.381 e. The lowest BCUT2D eigenvalue weighted by atomic mass is 10.2. The van der Waals surface area contributed by atoms with Crippen LogP contribution < -0.4 is 5.73 Å². The van der Waals surface area contributed by atoms with Crippen LogP contribution in [0.25, 0.3) is 0 Å². The van der Waals surface area contributed by atoms with E-state index in [-0.39, 0.29) is 22.5 Å². The lowest BCUT2D eigenvalue weighted by Crippen LogP contribution is -2.06. The molecule has 1 aromatic rings. The van der Waals surface area contributed by atoms with Gasteiger partial charge >= 0.3 is 0 Å². The number of halogens is 2. The summed E-state index contributed by atoms with van der Waals surface area (Å²) in [6.07, 6.45) is 1.30. The number of Topliss-reactive ketones (excluding diaryl/α,β-unsaturated/α-hetero) is 1. The lowest BCUT2D eigenvalue weighted by Gasteiger charge is -2.00. The molecule has 0 atom stereocenters. The summed E-state index contributed by atoms with van der Waals surface area (Å²) in [6, 6.07) is 1.30. The number of nitrogens with zero attached hydrogens (tertiary/aromatic N) is 1. The minimum atomic E-state index is -0.748. The molecule has 0 spiro atoms. The van der Waals surface area contributed by atoms with Crippen molar-refractivity contribution in [3.63, 3.8) is 0 Å². The van der Waals surface area contributed by atoms with E-state index in [0.29, 0.717) is 0 Å². The second kappa shape index (κ2) is 3.62. The molecule has 0 radical (unpaired) electrons. The highest BCUT2D eigenvalue weighted by molar-refractivity contribution is 9.09. The Morgan fingerprint density at radius 2 is 2.42 bits per heavy atom. The van der Waals surface area contributed by atoms with Crippen molar-refractivity contribution in [2.24, 2.45) is 0 Å². The van der Waals surface area contributed by atoms with Gasteiger partial charge in [0.25, 0.3) is 0 Å². The monoisotopic (exact) mass is 232 g/mol. The number of hydrogen-bond acceptors (Lipinski definition) is 3. The molecule has 0 aromatic carbocycles. The third kappa shape index (κ3) is 1.61. The standard InChI is InChI=1S/C7H6BrFN2O/c8-3-5(12)4-1-2-11-7(10)6(4)9/h1-2H,3H2,(H2,10,11). The molecule has 1 rings (SSSR count). The van der Waals surface area contributed by atoms with Crippen LogP contribution in [-0.2, 0) is 0 Å². The Bertz CT molecular complexity index is 316. The number of carbonyl (C=O) groups excluding carboxylic acids is 1. The highest BCUT2D eigenvalue weighted by Crippen LogP contribution is 2.12. The molecule has 0 aliphatic heterocycles. The Balaban J connectivity index is 3.16. The number of pyridine rings is 1. The summed E-state index contributed by atoms with van der Waals surface area (Å²) < 4.78 is 13.0. The van der Waals surface area contributed by atoms with Crippen molar-refractivity contribution in [1.29, 1.82) is 0 Å². The first-order chi connectivity index (χ1) is 5.66. The van der Waals surface area contributed by atoms with E-state index in [1.54, 1.807) is 0 Å². The normalized spacial score (nSPS) is 9.83. The smallest absolute Gasteiger partial charge is 0.176 e. The summed E-state index contributed by atoms with van der Waals surface area (Å²) in [5, 5.41) is 0.0768. The molecule has 12 heavy (non-hydrogen) atoms. The highest BCUT2D eigenvalue weighted by atomic mass is 79.9. The molecule has 0 aliphatic carbocycles. The molecule has 1 aromatic heterocycles. The van der Waals surface area contributed by atoms with E-state index in [9.17, 15) is 9.18 Å². The number of anilines is 1. The van der Waals surface area contributed by atoms with Crippen LogP contribution in [0.15, 0.2) is 12.3 Å². The summed E-state index contributed by atoms with van der Waals surface area (Å²) in [7, 11) is 0. The number of ketones is 1. The summed E-state index contributed by atoms with van der Waals surface area (Å²) in [6.45, 7) is 0. The van der Waals surface area contributed by atoms with Crippen LogP contribution in [0.2, 0.25) is 0 Å². The molecule has 0 amide bonds. The van der Waals surface area contributed by atoms with E-state index < -0.39 is 5.82 Å². The molecule has 0 unspecified atom stereocenters. The first kappa shape index (κ1) is 9.12. The zero-order valence-corrected chi connectivity index (χ0v) is 7.64. The van der Waals surface area contributed by atoms with Gasteiger partial charge in [0.1, 0.15) is 0 Å². The molecule has 64 valence electrons. The lowest BCUT2D eigenvalue weighted by molar-refractivity contribution is 0.102. The molecular weight excluding hydrogens is 227 g/mol. The van der Waals surface area contributed by atoms with E-state index in [1.165, 1.54) is 12.3 Å². The fraction of sp³-hybridized carbons (Fsp3) is 0.143. The second-order valence-electron chi connectivity index (χ2n) is 2.11. The summed E-state index contributed by atoms with van der Waals surface area (Å²) >= 11 is 2.93. The van der Waals surface area contributed by atoms with E-state index in [2.05, 4.69) is 20.9 Å². The van der Waals surface area contributed by atoms with Gasteiger partial charge in [-0.25, -0.2) is 9.37 Å². The van der Waals surface area contributed by atoms with Gasteiger partial charge in [-0.05, 0) is 6.07 Å². The summed E-state index contributed by atoms with van der Waals surface area (Å²) in [5.74, 6) is -1.34. The number of alkyl halides is 1. The highest BCUT2D eigenvalue weighted by Gasteiger charge is 2.12. The average molecular weight is 233 g/mol. The molecule has 5 heteroatoms. The summed E-state index contributed by atoms with van der Waals surface area (Å²) in [4.78, 5) is 14.5. The molecular formula is C7H6BrFN2O. The third-order valence-corrected chi connectivity index (χ3v) is 1.85. The maximum atomic E-state index is 13.0. The van der Waals surface area contributed by atoms with Gasteiger partial charge in [0.15, 0.2) is 17.4 Å². The zero-order chi connectivity index (χ0) is 9.14. The first-order valence-electron chi connectivity index (χ1n) is 3.16. The summed E-state index contributed by atoms with van der Waals surface area (Å²) in [5.41, 5.74) is 5.13. The van der Waals surface area contributed by atoms with Crippen LogP contribution >= 0.6 is 15.9 Å². The van der Waals surface area contributed by atoms with Gasteiger partial charge in [0.05, 0.1) is 10.9 Å². The number of nitrogens with two attached hydrogens (primary N) is 1. The third-order valence-electron chi connectivity index (χ3n) is 1.34. The minimum Gasteiger partial charge on any atom is -0.381 e.